The maximum absolute atomic E-state index is 11.6. The molecule has 5 heteroatoms. The van der Waals surface area contributed by atoms with Crippen LogP contribution in [0.15, 0.2) is 18.2 Å². The maximum Gasteiger partial charge on any atom is 0.344 e. The highest BCUT2D eigenvalue weighted by molar-refractivity contribution is 6.30. The van der Waals surface area contributed by atoms with Gasteiger partial charge in [-0.15, -0.1) is 0 Å². The number of carbonyl (C=O) groups is 1. The topological polar surface area (TPSA) is 38.8 Å². The third kappa shape index (κ3) is 5.56. The Hall–Kier alpha value is -1.26. The Bertz CT molecular complexity index is 473. The molecule has 0 atom stereocenters. The highest BCUT2D eigenvalue weighted by atomic mass is 35.5. The van der Waals surface area contributed by atoms with E-state index >= 15 is 0 Å². The first kappa shape index (κ1) is 16.1. The van der Waals surface area contributed by atoms with E-state index in [0.29, 0.717) is 17.4 Å². The minimum Gasteiger partial charge on any atom is -0.482 e. The molecule has 0 aliphatic carbocycles. The summed E-state index contributed by atoms with van der Waals surface area (Å²) in [6, 6.07) is 5.31. The molecule has 1 aliphatic rings. The molecule has 0 unspecified atom stereocenters. The number of benzene rings is 1. The summed E-state index contributed by atoms with van der Waals surface area (Å²) >= 11 is 5.87. The second-order valence-electron chi connectivity index (χ2n) is 5.32. The van der Waals surface area contributed by atoms with E-state index in [1.165, 1.54) is 19.3 Å². The Labute approximate surface area is 131 Å². The van der Waals surface area contributed by atoms with Crippen LogP contribution in [0.5, 0.6) is 5.75 Å². The largest absolute Gasteiger partial charge is 0.482 e. The zero-order chi connectivity index (χ0) is 15.1. The molecule has 0 amide bonds. The SMILES string of the molecule is Cc1cc(Cl)ccc1OCC(=O)OCCN1CCCCC1. The quantitative estimate of drug-likeness (QED) is 0.757. The van der Waals surface area contributed by atoms with E-state index in [2.05, 4.69) is 4.90 Å². The van der Waals surface area contributed by atoms with Gasteiger partial charge in [0.05, 0.1) is 0 Å². The molecule has 1 heterocycles. The van der Waals surface area contributed by atoms with Crippen molar-refractivity contribution in [3.05, 3.63) is 28.8 Å². The lowest BCUT2D eigenvalue weighted by Crippen LogP contribution is -2.33. The summed E-state index contributed by atoms with van der Waals surface area (Å²) in [5.41, 5.74) is 0.906. The van der Waals surface area contributed by atoms with E-state index in [1.54, 1.807) is 18.2 Å². The minimum atomic E-state index is -0.332. The average molecular weight is 312 g/mol. The molecule has 116 valence electrons. The van der Waals surface area contributed by atoms with Gasteiger partial charge in [-0.2, -0.15) is 0 Å². The Balaban J connectivity index is 1.65. The first-order valence-electron chi connectivity index (χ1n) is 7.42. The molecule has 1 saturated heterocycles. The molecule has 0 spiro atoms. The molecule has 1 aliphatic heterocycles. The van der Waals surface area contributed by atoms with Gasteiger partial charge in [-0.1, -0.05) is 18.0 Å². The third-order valence-electron chi connectivity index (χ3n) is 3.60. The molecule has 0 bridgehead atoms. The fraction of sp³-hybridized carbons (Fsp3) is 0.562. The van der Waals surface area contributed by atoms with E-state index in [0.717, 1.165) is 25.2 Å². The van der Waals surface area contributed by atoms with E-state index in [-0.39, 0.29) is 12.6 Å². The summed E-state index contributed by atoms with van der Waals surface area (Å²) in [5.74, 6) is 0.328. The zero-order valence-electron chi connectivity index (χ0n) is 12.4. The van der Waals surface area contributed by atoms with Gasteiger partial charge in [-0.3, -0.25) is 4.90 Å². The standard InChI is InChI=1S/C16H22ClNO3/c1-13-11-14(17)5-6-15(13)21-12-16(19)20-10-9-18-7-3-2-4-8-18/h5-6,11H,2-4,7-10,12H2,1H3. The van der Waals surface area contributed by atoms with Crippen LogP contribution in [-0.4, -0.2) is 43.7 Å². The number of hydrogen-bond acceptors (Lipinski definition) is 4. The number of esters is 1. The van der Waals surface area contributed by atoms with Crippen molar-refractivity contribution >= 4 is 17.6 Å². The van der Waals surface area contributed by atoms with Crippen molar-refractivity contribution < 1.29 is 14.3 Å². The normalized spacial score (nSPS) is 15.7. The fourth-order valence-corrected chi connectivity index (χ4v) is 2.65. The molecule has 4 nitrogen and oxygen atoms in total. The summed E-state index contributed by atoms with van der Waals surface area (Å²) < 4.78 is 10.6. The van der Waals surface area contributed by atoms with Crippen molar-refractivity contribution in [3.63, 3.8) is 0 Å². The molecule has 0 aromatic heterocycles. The van der Waals surface area contributed by atoms with Crippen LogP contribution in [0.3, 0.4) is 0 Å². The first-order chi connectivity index (χ1) is 10.1. The van der Waals surface area contributed by atoms with Crippen molar-refractivity contribution in [1.82, 2.24) is 4.90 Å². The van der Waals surface area contributed by atoms with E-state index in [4.69, 9.17) is 21.1 Å². The highest BCUT2D eigenvalue weighted by Crippen LogP contribution is 2.21. The Morgan fingerprint density at radius 1 is 1.29 bits per heavy atom. The second kappa shape index (κ2) is 8.25. The minimum absolute atomic E-state index is 0.0670. The average Bonchev–Trinajstić information content (AvgIpc) is 2.47. The van der Waals surface area contributed by atoms with Crippen LogP contribution in [0.4, 0.5) is 0 Å². The van der Waals surface area contributed by atoms with Crippen molar-refractivity contribution in [2.75, 3.05) is 32.8 Å². The van der Waals surface area contributed by atoms with Gasteiger partial charge in [-0.25, -0.2) is 4.79 Å². The number of halogens is 1. The van der Waals surface area contributed by atoms with Gasteiger partial charge >= 0.3 is 5.97 Å². The lowest BCUT2D eigenvalue weighted by molar-refractivity contribution is -0.146. The number of likely N-dealkylation sites (tertiary alicyclic amines) is 1. The Kier molecular flexibility index (Phi) is 6.33. The number of rotatable bonds is 6. The van der Waals surface area contributed by atoms with Crippen LogP contribution in [0, 0.1) is 6.92 Å². The molecule has 0 radical (unpaired) electrons. The highest BCUT2D eigenvalue weighted by Gasteiger charge is 2.11. The van der Waals surface area contributed by atoms with Crippen molar-refractivity contribution in [3.8, 4) is 5.75 Å². The molecule has 2 rings (SSSR count). The maximum atomic E-state index is 11.6. The van der Waals surface area contributed by atoms with Gasteiger partial charge < -0.3 is 9.47 Å². The smallest absolute Gasteiger partial charge is 0.344 e. The van der Waals surface area contributed by atoms with E-state index in [1.807, 2.05) is 6.92 Å². The molecule has 1 aromatic rings. The van der Waals surface area contributed by atoms with Gasteiger partial charge in [0.2, 0.25) is 0 Å². The third-order valence-corrected chi connectivity index (χ3v) is 3.84. The van der Waals surface area contributed by atoms with Crippen LogP contribution in [-0.2, 0) is 9.53 Å². The van der Waals surface area contributed by atoms with Crippen LogP contribution >= 0.6 is 11.6 Å². The van der Waals surface area contributed by atoms with Crippen LogP contribution in [0.25, 0.3) is 0 Å². The molecular formula is C16H22ClNO3. The lowest BCUT2D eigenvalue weighted by Gasteiger charge is -2.25. The predicted molar refractivity (Wildman–Crippen MR) is 82.9 cm³/mol. The molecule has 0 saturated carbocycles. The van der Waals surface area contributed by atoms with Gasteiger partial charge in [0.15, 0.2) is 6.61 Å². The molecule has 1 aromatic carbocycles. The Morgan fingerprint density at radius 3 is 2.76 bits per heavy atom. The fourth-order valence-electron chi connectivity index (χ4n) is 2.42. The van der Waals surface area contributed by atoms with Gasteiger partial charge in [0.1, 0.15) is 12.4 Å². The number of carbonyl (C=O) groups excluding carboxylic acids is 1. The lowest BCUT2D eigenvalue weighted by atomic mass is 10.1. The van der Waals surface area contributed by atoms with Crippen molar-refractivity contribution in [2.24, 2.45) is 0 Å². The number of aryl methyl sites for hydroxylation is 1. The Morgan fingerprint density at radius 2 is 2.05 bits per heavy atom. The summed E-state index contributed by atoms with van der Waals surface area (Å²) in [7, 11) is 0. The summed E-state index contributed by atoms with van der Waals surface area (Å²) in [6.45, 7) is 5.29. The number of hydrogen-bond donors (Lipinski definition) is 0. The van der Waals surface area contributed by atoms with Crippen LogP contribution in [0.2, 0.25) is 5.02 Å². The predicted octanol–water partition coefficient (Wildman–Crippen LogP) is 3.06. The van der Waals surface area contributed by atoms with Gasteiger partial charge in [-0.05, 0) is 56.6 Å². The van der Waals surface area contributed by atoms with Crippen molar-refractivity contribution in [1.29, 1.82) is 0 Å². The van der Waals surface area contributed by atoms with Gasteiger partial charge in [0, 0.05) is 11.6 Å². The summed E-state index contributed by atoms with van der Waals surface area (Å²) in [6.07, 6.45) is 3.80. The zero-order valence-corrected chi connectivity index (χ0v) is 13.2. The molecule has 21 heavy (non-hydrogen) atoms. The van der Waals surface area contributed by atoms with E-state index in [9.17, 15) is 4.79 Å². The monoisotopic (exact) mass is 311 g/mol. The summed E-state index contributed by atoms with van der Waals surface area (Å²) in [4.78, 5) is 14.0. The second-order valence-corrected chi connectivity index (χ2v) is 5.76. The molecular weight excluding hydrogens is 290 g/mol. The van der Waals surface area contributed by atoms with E-state index < -0.39 is 0 Å². The van der Waals surface area contributed by atoms with Crippen LogP contribution in [0.1, 0.15) is 24.8 Å². The summed E-state index contributed by atoms with van der Waals surface area (Å²) in [5, 5.41) is 0.656. The molecule has 0 N–H and O–H groups in total. The number of nitrogens with zero attached hydrogens (tertiary/aromatic N) is 1. The number of ether oxygens (including phenoxy) is 2. The first-order valence-corrected chi connectivity index (χ1v) is 7.80. The molecule has 1 fully saturated rings. The van der Waals surface area contributed by atoms with Crippen LogP contribution < -0.4 is 4.74 Å². The number of piperidine rings is 1. The van der Waals surface area contributed by atoms with Gasteiger partial charge in [0.25, 0.3) is 0 Å². The van der Waals surface area contributed by atoms with Crippen molar-refractivity contribution in [2.45, 2.75) is 26.2 Å².